The molecule has 0 radical (unpaired) electrons. The molecule has 2 atom stereocenters. The van der Waals surface area contributed by atoms with E-state index in [0.717, 1.165) is 42.7 Å². The Morgan fingerprint density at radius 3 is 1.55 bits per heavy atom. The van der Waals surface area contributed by atoms with Crippen LogP contribution in [-0.2, 0) is 29.1 Å². The van der Waals surface area contributed by atoms with E-state index >= 15 is 0 Å². The molecule has 0 aliphatic carbocycles. The minimum atomic E-state index is -2.39. The third-order valence-electron chi connectivity index (χ3n) is 9.37. The summed E-state index contributed by atoms with van der Waals surface area (Å²) in [7, 11) is 3.42. The van der Waals surface area contributed by atoms with E-state index in [-0.39, 0.29) is 12.2 Å². The van der Waals surface area contributed by atoms with Gasteiger partial charge < -0.3 is 4.74 Å². The van der Waals surface area contributed by atoms with Crippen molar-refractivity contribution in [2.45, 2.75) is 124 Å². The van der Waals surface area contributed by atoms with Crippen molar-refractivity contribution in [3.63, 3.8) is 0 Å². The number of rotatable bonds is 25. The average molecular weight is 750 g/mol. The van der Waals surface area contributed by atoms with Crippen molar-refractivity contribution in [2.75, 3.05) is 14.2 Å². The fourth-order valence-corrected chi connectivity index (χ4v) is 20.8. The van der Waals surface area contributed by atoms with Gasteiger partial charge in [-0.1, -0.05) is 0 Å². The molecule has 0 saturated carbocycles. The van der Waals surface area contributed by atoms with E-state index in [1.165, 1.54) is 63.0 Å². The molecule has 0 bridgehead atoms. The Balaban J connectivity index is 1.81. The van der Waals surface area contributed by atoms with Gasteiger partial charge in [-0.2, -0.15) is 0 Å². The van der Waals surface area contributed by atoms with Gasteiger partial charge in [-0.3, -0.25) is 0 Å². The molecule has 0 saturated heterocycles. The van der Waals surface area contributed by atoms with Crippen molar-refractivity contribution in [3.8, 4) is 11.5 Å². The Kier molecular flexibility index (Phi) is 19.3. The molecule has 0 aromatic heterocycles. The molecular formula is C42H62O4Sn. The SMILES string of the molecule is CCC[CH2][Sn](/[CH]=C/C[C@@H](C[C@H](CCc1ccccc1)OCc1ccc(OC)cc1)OCc1ccc(OC)cc1)([CH2]CCC)[CH2]CCC. The van der Waals surface area contributed by atoms with Crippen LogP contribution in [-0.4, -0.2) is 44.8 Å². The summed E-state index contributed by atoms with van der Waals surface area (Å²) in [6.45, 7) is 8.22. The van der Waals surface area contributed by atoms with Crippen molar-refractivity contribution in [2.24, 2.45) is 0 Å². The van der Waals surface area contributed by atoms with Crippen LogP contribution < -0.4 is 9.47 Å². The summed E-state index contributed by atoms with van der Waals surface area (Å²) >= 11 is -2.39. The Morgan fingerprint density at radius 1 is 0.596 bits per heavy atom. The standard InChI is InChI=1S/C30H35O4.3C4H9.Sn/c1-4-8-29(33-22-25-12-16-27(31-2)17-13-25)21-30(20-11-24-9-6-5-7-10-24)34-23-26-14-18-28(32-3)19-15-26;3*1-3-4-2;/h1,4-7,9-10,12-19,29-30H,8,11,20-23H2,2-3H3;3*1,3-4H2,2H3;/t29-,30-;;;;/m0..../s1. The molecule has 47 heavy (non-hydrogen) atoms. The van der Waals surface area contributed by atoms with E-state index < -0.39 is 18.4 Å². The molecule has 0 heterocycles. The molecule has 0 N–H and O–H groups in total. The molecule has 4 nitrogen and oxygen atoms in total. The summed E-state index contributed by atoms with van der Waals surface area (Å²) in [5, 5.41) is 0. The monoisotopic (exact) mass is 750 g/mol. The van der Waals surface area contributed by atoms with Crippen LogP contribution in [0.1, 0.15) is 95.2 Å². The third kappa shape index (κ3) is 15.2. The molecule has 258 valence electrons. The summed E-state index contributed by atoms with van der Waals surface area (Å²) in [6.07, 6.45) is 14.5. The molecule has 0 unspecified atom stereocenters. The van der Waals surface area contributed by atoms with E-state index in [4.69, 9.17) is 18.9 Å². The van der Waals surface area contributed by atoms with Crippen LogP contribution in [0.4, 0.5) is 0 Å². The number of unbranched alkanes of at least 4 members (excludes halogenated alkanes) is 3. The van der Waals surface area contributed by atoms with Gasteiger partial charge in [0.2, 0.25) is 0 Å². The zero-order chi connectivity index (χ0) is 33.6. The van der Waals surface area contributed by atoms with Gasteiger partial charge >= 0.3 is 281 Å². The van der Waals surface area contributed by atoms with Gasteiger partial charge in [-0.25, -0.2) is 0 Å². The topological polar surface area (TPSA) is 36.9 Å². The quantitative estimate of drug-likeness (QED) is 0.0809. The second kappa shape index (κ2) is 23.1. The van der Waals surface area contributed by atoms with E-state index in [1.807, 2.05) is 24.3 Å². The predicted molar refractivity (Wildman–Crippen MR) is 201 cm³/mol. The number of ether oxygens (including phenoxy) is 4. The Hall–Kier alpha value is -2.28. The van der Waals surface area contributed by atoms with Crippen molar-refractivity contribution in [1.82, 2.24) is 0 Å². The predicted octanol–water partition coefficient (Wildman–Crippen LogP) is 11.5. The normalized spacial score (nSPS) is 13.1. The Labute approximate surface area is 291 Å². The fourth-order valence-electron chi connectivity index (χ4n) is 6.32. The Bertz CT molecular complexity index is 1200. The van der Waals surface area contributed by atoms with Crippen LogP contribution >= 0.6 is 0 Å². The van der Waals surface area contributed by atoms with Gasteiger partial charge in [0.1, 0.15) is 0 Å². The maximum atomic E-state index is 6.76. The van der Waals surface area contributed by atoms with Crippen molar-refractivity contribution in [1.29, 1.82) is 0 Å². The van der Waals surface area contributed by atoms with Gasteiger partial charge in [0.25, 0.3) is 0 Å². The van der Waals surface area contributed by atoms with Crippen LogP contribution in [0.3, 0.4) is 0 Å². The second-order valence-corrected chi connectivity index (χ2v) is 26.1. The van der Waals surface area contributed by atoms with Gasteiger partial charge in [0, 0.05) is 0 Å². The molecule has 0 fully saturated rings. The first-order valence-corrected chi connectivity index (χ1v) is 25.9. The van der Waals surface area contributed by atoms with Gasteiger partial charge in [-0.05, 0) is 0 Å². The van der Waals surface area contributed by atoms with E-state index in [2.05, 4.69) is 85.5 Å². The van der Waals surface area contributed by atoms with Crippen LogP contribution in [0.25, 0.3) is 0 Å². The molecule has 0 spiro atoms. The molecular weight excluding hydrogens is 687 g/mol. The van der Waals surface area contributed by atoms with E-state index in [9.17, 15) is 0 Å². The van der Waals surface area contributed by atoms with Gasteiger partial charge in [-0.15, -0.1) is 0 Å². The van der Waals surface area contributed by atoms with Crippen LogP contribution in [0.2, 0.25) is 13.3 Å². The molecule has 3 aromatic carbocycles. The third-order valence-corrected chi connectivity index (χ3v) is 23.6. The minimum absolute atomic E-state index is 0.0810. The molecule has 0 aliphatic rings. The summed E-state index contributed by atoms with van der Waals surface area (Å²) in [5.74, 6) is 1.74. The first-order chi connectivity index (χ1) is 23.0. The molecule has 3 rings (SSSR count). The molecule has 0 amide bonds. The van der Waals surface area contributed by atoms with Gasteiger partial charge in [0.05, 0.1) is 7.11 Å². The van der Waals surface area contributed by atoms with E-state index in [0.29, 0.717) is 13.2 Å². The zero-order valence-corrected chi connectivity index (χ0v) is 32.9. The van der Waals surface area contributed by atoms with E-state index in [1.54, 1.807) is 14.2 Å². The molecule has 5 heteroatoms. The van der Waals surface area contributed by atoms with Crippen molar-refractivity contribution < 1.29 is 18.9 Å². The second-order valence-electron chi connectivity index (χ2n) is 13.1. The molecule has 0 aliphatic heterocycles. The van der Waals surface area contributed by atoms with Crippen molar-refractivity contribution >= 4 is 18.4 Å². The number of hydrogen-bond acceptors (Lipinski definition) is 4. The van der Waals surface area contributed by atoms with Crippen molar-refractivity contribution in [3.05, 3.63) is 106 Å². The number of hydrogen-bond donors (Lipinski definition) is 0. The summed E-state index contributed by atoms with van der Waals surface area (Å²) < 4.78 is 31.5. The van der Waals surface area contributed by atoms with Crippen LogP contribution in [0.5, 0.6) is 11.5 Å². The first-order valence-electron chi connectivity index (χ1n) is 18.2. The zero-order valence-electron chi connectivity index (χ0n) is 30.1. The Morgan fingerprint density at radius 2 is 1.09 bits per heavy atom. The maximum absolute atomic E-state index is 6.76. The summed E-state index contributed by atoms with van der Waals surface area (Å²) in [6, 6.07) is 27.3. The summed E-state index contributed by atoms with van der Waals surface area (Å²) in [5.41, 5.74) is 3.68. The first kappa shape index (κ1) is 39.2. The number of aryl methyl sites for hydroxylation is 1. The molecule has 3 aromatic rings. The average Bonchev–Trinajstić information content (AvgIpc) is 3.12. The van der Waals surface area contributed by atoms with Gasteiger partial charge in [0.15, 0.2) is 0 Å². The number of methoxy groups -OCH3 is 2. The summed E-state index contributed by atoms with van der Waals surface area (Å²) in [4.78, 5) is 0. The fraction of sp³-hybridized carbons (Fsp3) is 0.524. The van der Waals surface area contributed by atoms with Crippen LogP contribution in [0.15, 0.2) is 89.0 Å². The number of benzene rings is 3. The van der Waals surface area contributed by atoms with Crippen LogP contribution in [0, 0.1) is 0 Å².